The highest BCUT2D eigenvalue weighted by Gasteiger charge is 2.33. The Hall–Kier alpha value is 0.290. The van der Waals surface area contributed by atoms with Gasteiger partial charge in [-0.1, -0.05) is 20.8 Å². The van der Waals surface area contributed by atoms with Crippen molar-refractivity contribution in [3.8, 4) is 0 Å². The van der Waals surface area contributed by atoms with Crippen LogP contribution in [0.1, 0.15) is 66.8 Å². The zero-order valence-electron chi connectivity index (χ0n) is 13.2. The molecule has 1 aliphatic carbocycles. The molecule has 2 fully saturated rings. The molecule has 2 aliphatic rings. The second-order valence-electron chi connectivity index (χ2n) is 6.18. The highest BCUT2D eigenvalue weighted by Crippen LogP contribution is 2.48. The van der Waals surface area contributed by atoms with Crippen molar-refractivity contribution in [3.05, 3.63) is 15.6 Å². The van der Waals surface area contributed by atoms with Crippen LogP contribution < -0.4 is 5.32 Å². The summed E-state index contributed by atoms with van der Waals surface area (Å²) in [5.74, 6) is 2.00. The smallest absolute Gasteiger partial charge is 0.107 e. The van der Waals surface area contributed by atoms with E-state index >= 15 is 0 Å². The molecular formula is C16H26N2S3. The summed E-state index contributed by atoms with van der Waals surface area (Å²) >= 11 is 6.24. The molecule has 1 aliphatic heterocycles. The van der Waals surface area contributed by atoms with Crippen molar-refractivity contribution >= 4 is 34.9 Å². The lowest BCUT2D eigenvalue weighted by Gasteiger charge is -2.30. The number of hydrogen-bond acceptors (Lipinski definition) is 5. The van der Waals surface area contributed by atoms with E-state index in [1.165, 1.54) is 40.6 Å². The van der Waals surface area contributed by atoms with E-state index in [0.29, 0.717) is 5.25 Å². The molecule has 0 aromatic carbocycles. The van der Waals surface area contributed by atoms with Crippen LogP contribution >= 0.6 is 34.9 Å². The third-order valence-electron chi connectivity index (χ3n) is 4.25. The molecule has 118 valence electrons. The lowest BCUT2D eigenvalue weighted by Crippen LogP contribution is -2.21. The minimum atomic E-state index is 0.614. The highest BCUT2D eigenvalue weighted by molar-refractivity contribution is 8.07. The van der Waals surface area contributed by atoms with Crippen molar-refractivity contribution in [2.24, 2.45) is 0 Å². The Balaban J connectivity index is 1.71. The number of rotatable bonds is 6. The van der Waals surface area contributed by atoms with Gasteiger partial charge in [0.1, 0.15) is 5.01 Å². The summed E-state index contributed by atoms with van der Waals surface area (Å²) in [4.78, 5) is 6.59. The molecule has 0 spiro atoms. The molecule has 2 heterocycles. The third-order valence-corrected chi connectivity index (χ3v) is 8.98. The largest absolute Gasteiger partial charge is 0.312 e. The molecule has 1 saturated heterocycles. The number of nitrogens with one attached hydrogen (secondary N) is 1. The summed E-state index contributed by atoms with van der Waals surface area (Å²) in [5.41, 5.74) is 1.43. The second kappa shape index (κ2) is 7.24. The maximum atomic E-state index is 5.08. The van der Waals surface area contributed by atoms with Crippen molar-refractivity contribution in [2.45, 2.75) is 68.2 Å². The van der Waals surface area contributed by atoms with Crippen LogP contribution in [0.4, 0.5) is 0 Å². The van der Waals surface area contributed by atoms with Gasteiger partial charge in [-0.05, 0) is 25.8 Å². The zero-order valence-corrected chi connectivity index (χ0v) is 15.7. The fourth-order valence-corrected chi connectivity index (χ4v) is 6.93. The van der Waals surface area contributed by atoms with Gasteiger partial charge in [-0.15, -0.1) is 23.1 Å². The van der Waals surface area contributed by atoms with E-state index in [9.17, 15) is 0 Å². The molecule has 2 nitrogen and oxygen atoms in total. The van der Waals surface area contributed by atoms with E-state index in [1.807, 2.05) is 11.3 Å². The van der Waals surface area contributed by atoms with E-state index in [4.69, 9.17) is 4.98 Å². The maximum absolute atomic E-state index is 5.08. The van der Waals surface area contributed by atoms with Gasteiger partial charge in [-0.25, -0.2) is 4.98 Å². The van der Waals surface area contributed by atoms with Crippen LogP contribution in [-0.4, -0.2) is 27.8 Å². The number of nitrogens with zero attached hydrogens (tertiary/aromatic N) is 1. The van der Waals surface area contributed by atoms with Crippen LogP contribution in [0.5, 0.6) is 0 Å². The SMILES string of the molecule is CCCNCc1sc(C2CSC(C)C(C)S2)nc1C1CC1. The average Bonchev–Trinajstić information content (AvgIpc) is 3.23. The monoisotopic (exact) mass is 342 g/mol. The summed E-state index contributed by atoms with van der Waals surface area (Å²) in [6.07, 6.45) is 3.91. The molecule has 0 radical (unpaired) electrons. The number of thiazole rings is 1. The summed E-state index contributed by atoms with van der Waals surface area (Å²) in [7, 11) is 0. The van der Waals surface area contributed by atoms with Crippen LogP contribution in [0.25, 0.3) is 0 Å². The predicted molar refractivity (Wildman–Crippen MR) is 97.8 cm³/mol. The fraction of sp³-hybridized carbons (Fsp3) is 0.812. The van der Waals surface area contributed by atoms with E-state index in [-0.39, 0.29) is 0 Å². The number of aromatic nitrogens is 1. The van der Waals surface area contributed by atoms with Crippen molar-refractivity contribution in [2.75, 3.05) is 12.3 Å². The molecular weight excluding hydrogens is 316 g/mol. The maximum Gasteiger partial charge on any atom is 0.107 e. The molecule has 1 aromatic rings. The quantitative estimate of drug-likeness (QED) is 0.749. The van der Waals surface area contributed by atoms with Crippen LogP contribution in [0.3, 0.4) is 0 Å². The van der Waals surface area contributed by atoms with E-state index in [2.05, 4.69) is 49.6 Å². The van der Waals surface area contributed by atoms with Gasteiger partial charge in [-0.3, -0.25) is 0 Å². The zero-order chi connectivity index (χ0) is 14.8. The van der Waals surface area contributed by atoms with Gasteiger partial charge in [0.05, 0.1) is 10.9 Å². The normalized spacial score (nSPS) is 29.8. The van der Waals surface area contributed by atoms with Gasteiger partial charge >= 0.3 is 0 Å². The van der Waals surface area contributed by atoms with Crippen molar-refractivity contribution in [1.29, 1.82) is 0 Å². The first-order valence-corrected chi connectivity index (χ1v) is 11.0. The standard InChI is InChI=1S/C16H26N2S3/c1-4-7-17-8-13-15(12-5-6-12)18-16(21-13)14-9-19-10(2)11(3)20-14/h10-12,14,17H,4-9H2,1-3H3. The second-order valence-corrected chi connectivity index (χ2v) is 10.3. The van der Waals surface area contributed by atoms with Crippen molar-refractivity contribution in [3.63, 3.8) is 0 Å². The Kier molecular flexibility index (Phi) is 5.57. The van der Waals surface area contributed by atoms with E-state index in [1.54, 1.807) is 0 Å². The topological polar surface area (TPSA) is 24.9 Å². The number of thioether (sulfide) groups is 2. The summed E-state index contributed by atoms with van der Waals surface area (Å²) in [6.45, 7) is 9.09. The Bertz CT molecular complexity index is 470. The molecule has 1 N–H and O–H groups in total. The lowest BCUT2D eigenvalue weighted by atomic mass is 10.2. The Morgan fingerprint density at radius 3 is 2.71 bits per heavy atom. The van der Waals surface area contributed by atoms with Gasteiger partial charge in [0.2, 0.25) is 0 Å². The minimum absolute atomic E-state index is 0.614. The molecule has 0 bridgehead atoms. The van der Waals surface area contributed by atoms with Crippen molar-refractivity contribution < 1.29 is 0 Å². The van der Waals surface area contributed by atoms with E-state index in [0.717, 1.165) is 29.5 Å². The summed E-state index contributed by atoms with van der Waals surface area (Å²) in [5, 5.41) is 7.09. The highest BCUT2D eigenvalue weighted by atomic mass is 32.2. The van der Waals surface area contributed by atoms with Crippen LogP contribution in [0.15, 0.2) is 0 Å². The van der Waals surface area contributed by atoms with Gasteiger partial charge in [0, 0.05) is 33.6 Å². The summed E-state index contributed by atoms with van der Waals surface area (Å²) in [6, 6.07) is 0. The lowest BCUT2D eigenvalue weighted by molar-refractivity contribution is 0.676. The van der Waals surface area contributed by atoms with Crippen LogP contribution in [0.2, 0.25) is 0 Å². The Morgan fingerprint density at radius 2 is 2.05 bits per heavy atom. The van der Waals surface area contributed by atoms with Crippen LogP contribution in [0, 0.1) is 0 Å². The predicted octanol–water partition coefficient (Wildman–Crippen LogP) is 4.82. The summed E-state index contributed by atoms with van der Waals surface area (Å²) < 4.78 is 0. The van der Waals surface area contributed by atoms with Gasteiger partial charge < -0.3 is 5.32 Å². The molecule has 3 atom stereocenters. The first-order chi connectivity index (χ1) is 10.2. The fourth-order valence-electron chi connectivity index (χ4n) is 2.61. The average molecular weight is 343 g/mol. The van der Waals surface area contributed by atoms with E-state index < -0.39 is 0 Å². The molecule has 5 heteroatoms. The van der Waals surface area contributed by atoms with Gasteiger partial charge in [0.25, 0.3) is 0 Å². The minimum Gasteiger partial charge on any atom is -0.312 e. The number of hydrogen-bond donors (Lipinski definition) is 1. The molecule has 3 unspecified atom stereocenters. The first-order valence-electron chi connectivity index (χ1n) is 8.16. The third kappa shape index (κ3) is 3.98. The molecule has 3 rings (SSSR count). The molecule has 1 aromatic heterocycles. The molecule has 21 heavy (non-hydrogen) atoms. The van der Waals surface area contributed by atoms with Gasteiger partial charge in [-0.2, -0.15) is 11.8 Å². The first kappa shape index (κ1) is 16.2. The van der Waals surface area contributed by atoms with Crippen molar-refractivity contribution in [1.82, 2.24) is 10.3 Å². The molecule has 0 amide bonds. The van der Waals surface area contributed by atoms with Gasteiger partial charge in [0.15, 0.2) is 0 Å². The Morgan fingerprint density at radius 1 is 1.24 bits per heavy atom. The molecule has 1 saturated carbocycles. The van der Waals surface area contributed by atoms with Crippen LogP contribution in [-0.2, 0) is 6.54 Å². The Labute approximate surface area is 141 Å².